The van der Waals surface area contributed by atoms with E-state index in [4.69, 9.17) is 9.47 Å². The molecular weight excluding hydrogens is 176 g/mol. The normalized spacial score (nSPS) is 13.0. The molecule has 0 heterocycles. The highest BCUT2D eigenvalue weighted by molar-refractivity contribution is 5.16. The second-order valence-electron chi connectivity index (χ2n) is 3.03. The fourth-order valence-electron chi connectivity index (χ4n) is 0.858. The van der Waals surface area contributed by atoms with Crippen molar-refractivity contribution >= 4 is 0 Å². The lowest BCUT2D eigenvalue weighted by atomic mass is 10.5. The summed E-state index contributed by atoms with van der Waals surface area (Å²) in [5.74, 6) is 5.74. The van der Waals surface area contributed by atoms with E-state index < -0.39 is 0 Å². The summed E-state index contributed by atoms with van der Waals surface area (Å²) < 4.78 is 10.3. The van der Waals surface area contributed by atoms with Crippen LogP contribution in [0.25, 0.3) is 0 Å². The summed E-state index contributed by atoms with van der Waals surface area (Å²) in [4.78, 5) is 0. The summed E-state index contributed by atoms with van der Waals surface area (Å²) in [6.07, 6.45) is 6.35. The molecule has 1 aliphatic rings. The molecule has 1 aliphatic carbocycles. The Morgan fingerprint density at radius 2 is 1.79 bits per heavy atom. The maximum absolute atomic E-state index is 5.27. The molecule has 0 spiro atoms. The molecule has 14 heavy (non-hydrogen) atoms. The lowest BCUT2D eigenvalue weighted by Gasteiger charge is -1.92. The first-order valence-corrected chi connectivity index (χ1v) is 4.83. The minimum absolute atomic E-state index is 0.455. The van der Waals surface area contributed by atoms with Crippen LogP contribution in [0.5, 0.6) is 0 Å². The van der Waals surface area contributed by atoms with Crippen LogP contribution in [0.2, 0.25) is 0 Å². The van der Waals surface area contributed by atoms with Gasteiger partial charge in [-0.15, -0.1) is 6.58 Å². The number of ether oxygens (including phenoxy) is 2. The molecule has 1 fully saturated rings. The van der Waals surface area contributed by atoms with Gasteiger partial charge in [-0.3, -0.25) is 0 Å². The van der Waals surface area contributed by atoms with E-state index in [9.17, 15) is 0 Å². The van der Waals surface area contributed by atoms with Gasteiger partial charge in [-0.05, 0) is 12.8 Å². The zero-order chi connectivity index (χ0) is 10.1. The summed E-state index contributed by atoms with van der Waals surface area (Å²) in [7, 11) is 0. The van der Waals surface area contributed by atoms with Crippen LogP contribution < -0.4 is 0 Å². The quantitative estimate of drug-likeness (QED) is 0.364. The molecule has 2 nitrogen and oxygen atoms in total. The van der Waals surface area contributed by atoms with Crippen LogP contribution in [-0.4, -0.2) is 26.4 Å². The van der Waals surface area contributed by atoms with Crippen molar-refractivity contribution in [3.8, 4) is 11.8 Å². The Morgan fingerprint density at radius 1 is 1.14 bits per heavy atom. The van der Waals surface area contributed by atoms with Gasteiger partial charge in [-0.25, -0.2) is 0 Å². The lowest BCUT2D eigenvalue weighted by Crippen LogP contribution is -1.93. The van der Waals surface area contributed by atoms with Crippen molar-refractivity contribution in [2.24, 2.45) is 0 Å². The third-order valence-electron chi connectivity index (χ3n) is 1.74. The predicted molar refractivity (Wildman–Crippen MR) is 56.9 cm³/mol. The van der Waals surface area contributed by atoms with E-state index in [1.807, 2.05) is 0 Å². The van der Waals surface area contributed by atoms with Gasteiger partial charge in [0.1, 0.15) is 13.2 Å². The van der Waals surface area contributed by atoms with E-state index >= 15 is 0 Å². The molecule has 0 N–H and O–H groups in total. The smallest absolute Gasteiger partial charge is 0.108 e. The Kier molecular flexibility index (Phi) is 5.81. The van der Waals surface area contributed by atoms with E-state index in [2.05, 4.69) is 24.5 Å². The van der Waals surface area contributed by atoms with Crippen LogP contribution in [0, 0.1) is 11.8 Å². The van der Waals surface area contributed by atoms with Gasteiger partial charge in [-0.1, -0.05) is 29.6 Å². The molecular formula is C12H16O2. The number of allylic oxidation sites excluding steroid dienone is 1. The minimum atomic E-state index is 0.455. The molecule has 0 unspecified atom stereocenters. The summed E-state index contributed by atoms with van der Waals surface area (Å²) in [5.41, 5.74) is 1.51. The zero-order valence-electron chi connectivity index (χ0n) is 8.42. The van der Waals surface area contributed by atoms with Crippen LogP contribution >= 0.6 is 0 Å². The van der Waals surface area contributed by atoms with Crippen LogP contribution in [0.15, 0.2) is 24.3 Å². The molecule has 0 saturated heterocycles. The molecule has 0 aliphatic heterocycles. The first kappa shape index (κ1) is 11.0. The second kappa shape index (κ2) is 7.37. The maximum atomic E-state index is 5.27. The Morgan fingerprint density at radius 3 is 2.36 bits per heavy atom. The summed E-state index contributed by atoms with van der Waals surface area (Å²) in [5, 5.41) is 0. The van der Waals surface area contributed by atoms with E-state index in [1.165, 1.54) is 18.4 Å². The Balaban J connectivity index is 1.86. The second-order valence-corrected chi connectivity index (χ2v) is 3.03. The summed E-state index contributed by atoms with van der Waals surface area (Å²) in [6.45, 7) is 5.73. The number of hydrogen-bond donors (Lipinski definition) is 0. The Bertz CT molecular complexity index is 249. The van der Waals surface area contributed by atoms with Crippen LogP contribution in [0.3, 0.4) is 0 Å². The molecule has 1 rings (SSSR count). The highest BCUT2D eigenvalue weighted by Gasteiger charge is 2.08. The van der Waals surface area contributed by atoms with Gasteiger partial charge in [0.25, 0.3) is 0 Å². The van der Waals surface area contributed by atoms with Crippen molar-refractivity contribution in [1.29, 1.82) is 0 Å². The molecule has 1 saturated carbocycles. The highest BCUT2D eigenvalue weighted by atomic mass is 16.5. The van der Waals surface area contributed by atoms with E-state index in [1.54, 1.807) is 6.08 Å². The molecule has 0 aromatic carbocycles. The Hall–Kier alpha value is -1.04. The average molecular weight is 192 g/mol. The molecule has 0 amide bonds. The van der Waals surface area contributed by atoms with E-state index in [0.29, 0.717) is 26.4 Å². The molecule has 0 bridgehead atoms. The highest BCUT2D eigenvalue weighted by Crippen LogP contribution is 2.26. The van der Waals surface area contributed by atoms with Crippen molar-refractivity contribution in [1.82, 2.24) is 0 Å². The van der Waals surface area contributed by atoms with Crippen LogP contribution in [0.1, 0.15) is 12.8 Å². The SMILES string of the molecule is C=CCOCC#CCOCC=C1CC1. The van der Waals surface area contributed by atoms with Gasteiger partial charge >= 0.3 is 0 Å². The molecule has 0 radical (unpaired) electrons. The first-order chi connectivity index (χ1) is 6.93. The fraction of sp³-hybridized carbons (Fsp3) is 0.500. The van der Waals surface area contributed by atoms with Crippen molar-refractivity contribution in [3.63, 3.8) is 0 Å². The van der Waals surface area contributed by atoms with Gasteiger partial charge in [0.05, 0.1) is 13.2 Å². The number of rotatable bonds is 6. The average Bonchev–Trinajstić information content (AvgIpc) is 2.99. The van der Waals surface area contributed by atoms with Crippen molar-refractivity contribution in [3.05, 3.63) is 24.3 Å². The summed E-state index contributed by atoms with van der Waals surface area (Å²) >= 11 is 0. The predicted octanol–water partition coefficient (Wildman–Crippen LogP) is 1.93. The molecule has 2 heteroatoms. The minimum Gasteiger partial charge on any atom is -0.365 e. The van der Waals surface area contributed by atoms with Gasteiger partial charge in [0.15, 0.2) is 0 Å². The van der Waals surface area contributed by atoms with Crippen molar-refractivity contribution in [2.45, 2.75) is 12.8 Å². The topological polar surface area (TPSA) is 18.5 Å². The number of hydrogen-bond acceptors (Lipinski definition) is 2. The van der Waals surface area contributed by atoms with Crippen LogP contribution in [-0.2, 0) is 9.47 Å². The Labute approximate surface area is 85.6 Å². The van der Waals surface area contributed by atoms with Gasteiger partial charge in [0, 0.05) is 0 Å². The zero-order valence-corrected chi connectivity index (χ0v) is 8.42. The third kappa shape index (κ3) is 6.47. The standard InChI is InChI=1S/C12H16O2/c1-2-8-13-9-3-4-10-14-11-7-12-5-6-12/h2,7H,1,5-6,8-11H2. The van der Waals surface area contributed by atoms with E-state index in [-0.39, 0.29) is 0 Å². The van der Waals surface area contributed by atoms with Crippen molar-refractivity contribution < 1.29 is 9.47 Å². The maximum Gasteiger partial charge on any atom is 0.108 e. The van der Waals surface area contributed by atoms with Gasteiger partial charge in [0.2, 0.25) is 0 Å². The molecule has 76 valence electrons. The fourth-order valence-corrected chi connectivity index (χ4v) is 0.858. The monoisotopic (exact) mass is 192 g/mol. The molecule has 0 aromatic heterocycles. The summed E-state index contributed by atoms with van der Waals surface area (Å²) in [6, 6.07) is 0. The lowest BCUT2D eigenvalue weighted by molar-refractivity contribution is 0.193. The van der Waals surface area contributed by atoms with Gasteiger partial charge in [-0.2, -0.15) is 0 Å². The van der Waals surface area contributed by atoms with Crippen molar-refractivity contribution in [2.75, 3.05) is 26.4 Å². The van der Waals surface area contributed by atoms with E-state index in [0.717, 1.165) is 0 Å². The third-order valence-corrected chi connectivity index (χ3v) is 1.74. The molecule has 0 atom stereocenters. The largest absolute Gasteiger partial charge is 0.365 e. The van der Waals surface area contributed by atoms with Gasteiger partial charge < -0.3 is 9.47 Å². The van der Waals surface area contributed by atoms with Crippen LogP contribution in [0.4, 0.5) is 0 Å². The molecule has 0 aromatic rings. The first-order valence-electron chi connectivity index (χ1n) is 4.83.